The highest BCUT2D eigenvalue weighted by molar-refractivity contribution is 7.22. The highest BCUT2D eigenvalue weighted by Gasteiger charge is 2.22. The minimum absolute atomic E-state index is 0. The molecule has 0 spiro atoms. The van der Waals surface area contributed by atoms with Gasteiger partial charge in [0.1, 0.15) is 0 Å². The van der Waals surface area contributed by atoms with Gasteiger partial charge in [-0.15, -0.1) is 12.4 Å². The summed E-state index contributed by atoms with van der Waals surface area (Å²) >= 11 is 1.46. The summed E-state index contributed by atoms with van der Waals surface area (Å²) in [7, 11) is 0. The molecule has 0 bridgehead atoms. The van der Waals surface area contributed by atoms with E-state index in [0.29, 0.717) is 5.13 Å². The number of nitrogens with zero attached hydrogens (tertiary/aromatic N) is 1. The van der Waals surface area contributed by atoms with Crippen LogP contribution in [0.15, 0.2) is 18.2 Å². The van der Waals surface area contributed by atoms with E-state index < -0.39 is 5.54 Å². The minimum Gasteiger partial charge on any atom is -0.318 e. The summed E-state index contributed by atoms with van der Waals surface area (Å²) in [4.78, 5) is 16.1. The molecule has 1 aromatic carbocycles. The van der Waals surface area contributed by atoms with Crippen molar-refractivity contribution in [2.75, 3.05) is 5.32 Å². The van der Waals surface area contributed by atoms with Crippen molar-refractivity contribution < 1.29 is 4.79 Å². The monoisotopic (exact) mass is 285 g/mol. The van der Waals surface area contributed by atoms with E-state index in [9.17, 15) is 4.79 Å². The van der Waals surface area contributed by atoms with Crippen molar-refractivity contribution in [1.82, 2.24) is 4.98 Å². The van der Waals surface area contributed by atoms with Gasteiger partial charge >= 0.3 is 0 Å². The highest BCUT2D eigenvalue weighted by atomic mass is 35.5. The highest BCUT2D eigenvalue weighted by Crippen LogP contribution is 2.28. The molecular formula is C12H16ClN3OS. The Morgan fingerprint density at radius 3 is 2.67 bits per heavy atom. The number of fused-ring (bicyclic) bond motifs is 1. The number of benzene rings is 1. The molecule has 0 saturated carbocycles. The van der Waals surface area contributed by atoms with Crippen molar-refractivity contribution >= 4 is 45.0 Å². The maximum atomic E-state index is 11.7. The molecule has 3 N–H and O–H groups in total. The van der Waals surface area contributed by atoms with E-state index in [1.807, 2.05) is 25.1 Å². The fourth-order valence-corrected chi connectivity index (χ4v) is 2.34. The zero-order valence-corrected chi connectivity index (χ0v) is 12.1. The quantitative estimate of drug-likeness (QED) is 0.891. The van der Waals surface area contributed by atoms with Gasteiger partial charge in [0.2, 0.25) is 5.91 Å². The van der Waals surface area contributed by atoms with Gasteiger partial charge in [-0.1, -0.05) is 23.5 Å². The third-order valence-electron chi connectivity index (χ3n) is 2.43. The standard InChI is InChI=1S/C12H15N3OS.ClH/c1-7-5-4-6-8-9(7)14-11(17-8)15-10(16)12(2,3)13;/h4-6H,13H2,1-3H3,(H,14,15,16);1H. The smallest absolute Gasteiger partial charge is 0.245 e. The fourth-order valence-electron chi connectivity index (χ4n) is 1.40. The van der Waals surface area contributed by atoms with Gasteiger partial charge in [-0.2, -0.15) is 0 Å². The lowest BCUT2D eigenvalue weighted by molar-refractivity contribution is -0.120. The average Bonchev–Trinajstić information content (AvgIpc) is 2.60. The molecule has 0 saturated heterocycles. The molecule has 1 amide bonds. The van der Waals surface area contributed by atoms with Crippen molar-refractivity contribution in [3.63, 3.8) is 0 Å². The molecule has 0 radical (unpaired) electrons. The number of para-hydroxylation sites is 1. The van der Waals surface area contributed by atoms with Gasteiger partial charge in [-0.3, -0.25) is 4.79 Å². The molecule has 2 rings (SSSR count). The molecule has 4 nitrogen and oxygen atoms in total. The van der Waals surface area contributed by atoms with E-state index in [0.717, 1.165) is 15.8 Å². The molecule has 98 valence electrons. The zero-order chi connectivity index (χ0) is 12.6. The van der Waals surface area contributed by atoms with Crippen LogP contribution in [0.4, 0.5) is 5.13 Å². The molecule has 0 aliphatic rings. The van der Waals surface area contributed by atoms with Crippen LogP contribution in [0.3, 0.4) is 0 Å². The van der Waals surface area contributed by atoms with Gasteiger partial charge in [0.15, 0.2) is 5.13 Å². The maximum Gasteiger partial charge on any atom is 0.245 e. The van der Waals surface area contributed by atoms with Gasteiger partial charge in [0.05, 0.1) is 15.8 Å². The SMILES string of the molecule is Cc1cccc2sc(NC(=O)C(C)(C)N)nc12.Cl. The van der Waals surface area contributed by atoms with Gasteiger partial charge in [0.25, 0.3) is 0 Å². The van der Waals surface area contributed by atoms with Crippen molar-refractivity contribution in [2.24, 2.45) is 5.73 Å². The van der Waals surface area contributed by atoms with Crippen LogP contribution in [-0.4, -0.2) is 16.4 Å². The van der Waals surface area contributed by atoms with E-state index >= 15 is 0 Å². The van der Waals surface area contributed by atoms with Crippen molar-refractivity contribution in [3.05, 3.63) is 23.8 Å². The summed E-state index contributed by atoms with van der Waals surface area (Å²) in [5.74, 6) is -0.228. The lowest BCUT2D eigenvalue weighted by Crippen LogP contribution is -2.45. The molecule has 2 aromatic rings. The number of carbonyl (C=O) groups is 1. The number of halogens is 1. The first kappa shape index (κ1) is 14.9. The fraction of sp³-hybridized carbons (Fsp3) is 0.333. The van der Waals surface area contributed by atoms with Gasteiger partial charge < -0.3 is 11.1 Å². The number of carbonyl (C=O) groups excluding carboxylic acids is 1. The first-order valence-electron chi connectivity index (χ1n) is 5.34. The van der Waals surface area contributed by atoms with Gasteiger partial charge in [-0.05, 0) is 32.4 Å². The molecular weight excluding hydrogens is 270 g/mol. The van der Waals surface area contributed by atoms with Crippen molar-refractivity contribution in [1.29, 1.82) is 0 Å². The second-order valence-corrected chi connectivity index (χ2v) is 5.65. The summed E-state index contributed by atoms with van der Waals surface area (Å²) in [5, 5.41) is 3.34. The molecule has 0 atom stereocenters. The largest absolute Gasteiger partial charge is 0.318 e. The van der Waals surface area contributed by atoms with Crippen LogP contribution < -0.4 is 11.1 Å². The number of amides is 1. The molecule has 0 fully saturated rings. The average molecular weight is 286 g/mol. The molecule has 18 heavy (non-hydrogen) atoms. The third-order valence-corrected chi connectivity index (χ3v) is 3.36. The maximum absolute atomic E-state index is 11.7. The van der Waals surface area contributed by atoms with E-state index in [2.05, 4.69) is 10.3 Å². The third kappa shape index (κ3) is 2.98. The Labute approximate surface area is 116 Å². The molecule has 0 unspecified atom stereocenters. The van der Waals surface area contributed by atoms with E-state index in [-0.39, 0.29) is 18.3 Å². The van der Waals surface area contributed by atoms with Crippen LogP contribution in [0.5, 0.6) is 0 Å². The van der Waals surface area contributed by atoms with Gasteiger partial charge in [0, 0.05) is 0 Å². The van der Waals surface area contributed by atoms with Crippen LogP contribution in [0.1, 0.15) is 19.4 Å². The zero-order valence-electron chi connectivity index (χ0n) is 10.5. The Morgan fingerprint density at radius 1 is 1.44 bits per heavy atom. The van der Waals surface area contributed by atoms with Crippen molar-refractivity contribution in [3.8, 4) is 0 Å². The number of nitrogens with one attached hydrogen (secondary N) is 1. The van der Waals surface area contributed by atoms with Gasteiger partial charge in [-0.25, -0.2) is 4.98 Å². The van der Waals surface area contributed by atoms with Crippen LogP contribution in [0.25, 0.3) is 10.2 Å². The molecule has 6 heteroatoms. The Hall–Kier alpha value is -1.17. The van der Waals surface area contributed by atoms with E-state index in [4.69, 9.17) is 5.73 Å². The minimum atomic E-state index is -0.896. The Balaban J connectivity index is 0.00000162. The summed E-state index contributed by atoms with van der Waals surface area (Å²) in [6.45, 7) is 5.34. The van der Waals surface area contributed by atoms with Crippen LogP contribution in [0.2, 0.25) is 0 Å². The molecule has 0 aliphatic heterocycles. The first-order valence-corrected chi connectivity index (χ1v) is 6.16. The second-order valence-electron chi connectivity index (χ2n) is 4.62. The number of aryl methyl sites for hydroxylation is 1. The van der Waals surface area contributed by atoms with E-state index in [1.165, 1.54) is 11.3 Å². The summed E-state index contributed by atoms with van der Waals surface area (Å²) in [5.41, 5.74) is 6.86. The number of rotatable bonds is 2. The van der Waals surface area contributed by atoms with Crippen LogP contribution in [0, 0.1) is 6.92 Å². The van der Waals surface area contributed by atoms with E-state index in [1.54, 1.807) is 13.8 Å². The lowest BCUT2D eigenvalue weighted by Gasteiger charge is -2.16. The summed E-state index contributed by atoms with van der Waals surface area (Å²) < 4.78 is 1.06. The number of hydrogen-bond donors (Lipinski definition) is 2. The lowest BCUT2D eigenvalue weighted by atomic mass is 10.1. The molecule has 1 aromatic heterocycles. The Kier molecular flexibility index (Phi) is 4.32. The first-order chi connectivity index (χ1) is 7.88. The number of aromatic nitrogens is 1. The number of hydrogen-bond acceptors (Lipinski definition) is 4. The Morgan fingerprint density at radius 2 is 2.11 bits per heavy atom. The number of nitrogens with two attached hydrogens (primary N) is 1. The van der Waals surface area contributed by atoms with Crippen LogP contribution >= 0.6 is 23.7 Å². The predicted octanol–water partition coefficient (Wildman–Crippen LogP) is 2.70. The van der Waals surface area contributed by atoms with Crippen LogP contribution in [-0.2, 0) is 4.79 Å². The second kappa shape index (κ2) is 5.22. The van der Waals surface area contributed by atoms with Crippen molar-refractivity contribution in [2.45, 2.75) is 26.3 Å². The molecule has 0 aliphatic carbocycles. The molecule has 1 heterocycles. The Bertz CT molecular complexity index is 574. The predicted molar refractivity (Wildman–Crippen MR) is 78.5 cm³/mol. The number of anilines is 1. The number of thiazole rings is 1. The summed E-state index contributed by atoms with van der Waals surface area (Å²) in [6, 6.07) is 5.97. The topological polar surface area (TPSA) is 68.0 Å². The normalized spacial score (nSPS) is 11.1. The summed E-state index contributed by atoms with van der Waals surface area (Å²) in [6.07, 6.45) is 0.